The van der Waals surface area contributed by atoms with Crippen LogP contribution in [0.3, 0.4) is 0 Å². The summed E-state index contributed by atoms with van der Waals surface area (Å²) < 4.78 is 7.01. The molecule has 0 aliphatic heterocycles. The molecule has 1 aromatic heterocycles. The van der Waals surface area contributed by atoms with Gasteiger partial charge in [-0.1, -0.05) is 11.3 Å². The Kier molecular flexibility index (Phi) is 3.39. The Morgan fingerprint density at radius 2 is 2.24 bits per heavy atom. The van der Waals surface area contributed by atoms with Crippen molar-refractivity contribution in [2.45, 2.75) is 13.0 Å². The molecule has 2 rings (SSSR count). The van der Waals surface area contributed by atoms with Gasteiger partial charge in [-0.25, -0.2) is 4.68 Å². The molecule has 5 heteroatoms. The van der Waals surface area contributed by atoms with Crippen molar-refractivity contribution in [2.75, 3.05) is 14.2 Å². The molecule has 1 atom stereocenters. The second-order valence-electron chi connectivity index (χ2n) is 3.78. The highest BCUT2D eigenvalue weighted by molar-refractivity contribution is 5.39. The van der Waals surface area contributed by atoms with Gasteiger partial charge in [0.1, 0.15) is 5.75 Å². The molecule has 1 aromatic carbocycles. The molecule has 0 amide bonds. The van der Waals surface area contributed by atoms with Crippen LogP contribution in [0.2, 0.25) is 0 Å². The van der Waals surface area contributed by atoms with Gasteiger partial charge in [-0.3, -0.25) is 0 Å². The lowest BCUT2D eigenvalue weighted by Crippen LogP contribution is -2.16. The Morgan fingerprint density at radius 3 is 2.94 bits per heavy atom. The maximum absolute atomic E-state index is 5.20. The Balaban J connectivity index is 2.42. The average molecular weight is 232 g/mol. The lowest BCUT2D eigenvalue weighted by molar-refractivity contribution is 0.414. The van der Waals surface area contributed by atoms with Gasteiger partial charge in [-0.15, -0.1) is 5.10 Å². The number of methoxy groups -OCH3 is 1. The quantitative estimate of drug-likeness (QED) is 0.869. The first-order chi connectivity index (χ1) is 8.26. The average Bonchev–Trinajstić information content (AvgIpc) is 2.87. The minimum atomic E-state index is 0.191. The van der Waals surface area contributed by atoms with Gasteiger partial charge >= 0.3 is 0 Å². The second-order valence-corrected chi connectivity index (χ2v) is 3.78. The first-order valence-corrected chi connectivity index (χ1v) is 5.48. The normalized spacial score (nSPS) is 12.4. The molecule has 90 valence electrons. The van der Waals surface area contributed by atoms with Crippen LogP contribution in [0.4, 0.5) is 0 Å². The van der Waals surface area contributed by atoms with Crippen LogP contribution in [0.5, 0.6) is 5.75 Å². The van der Waals surface area contributed by atoms with Crippen molar-refractivity contribution >= 4 is 0 Å². The fourth-order valence-electron chi connectivity index (χ4n) is 1.63. The smallest absolute Gasteiger partial charge is 0.121 e. The van der Waals surface area contributed by atoms with E-state index in [1.807, 2.05) is 36.0 Å². The van der Waals surface area contributed by atoms with Gasteiger partial charge in [0, 0.05) is 12.1 Å². The van der Waals surface area contributed by atoms with Crippen molar-refractivity contribution in [3.05, 3.63) is 36.2 Å². The van der Waals surface area contributed by atoms with Gasteiger partial charge in [-0.05, 0) is 26.1 Å². The molecule has 0 spiro atoms. The van der Waals surface area contributed by atoms with E-state index in [1.165, 1.54) is 0 Å². The Bertz CT molecular complexity index is 495. The van der Waals surface area contributed by atoms with E-state index in [4.69, 9.17) is 4.74 Å². The predicted molar refractivity (Wildman–Crippen MR) is 65.4 cm³/mol. The molecular weight excluding hydrogens is 216 g/mol. The van der Waals surface area contributed by atoms with Crippen molar-refractivity contribution in [3.63, 3.8) is 0 Å². The third-order valence-corrected chi connectivity index (χ3v) is 2.75. The van der Waals surface area contributed by atoms with Crippen molar-refractivity contribution < 1.29 is 4.74 Å². The molecule has 0 saturated heterocycles. The highest BCUT2D eigenvalue weighted by Crippen LogP contribution is 2.19. The van der Waals surface area contributed by atoms with Crippen LogP contribution in [0.25, 0.3) is 5.69 Å². The molecule has 0 fully saturated rings. The van der Waals surface area contributed by atoms with Gasteiger partial charge in [-0.2, -0.15) is 0 Å². The summed E-state index contributed by atoms with van der Waals surface area (Å²) in [5, 5.41) is 11.2. The van der Waals surface area contributed by atoms with Gasteiger partial charge in [0.05, 0.1) is 24.7 Å². The topological polar surface area (TPSA) is 52.0 Å². The molecule has 1 heterocycles. The summed E-state index contributed by atoms with van der Waals surface area (Å²) in [6.07, 6.45) is 1.76. The molecule has 0 bridgehead atoms. The minimum absolute atomic E-state index is 0.191. The molecule has 0 aliphatic rings. The van der Waals surface area contributed by atoms with Gasteiger partial charge in [0.15, 0.2) is 0 Å². The third kappa shape index (κ3) is 2.29. The molecule has 0 aliphatic carbocycles. The van der Waals surface area contributed by atoms with Crippen LogP contribution in [0, 0.1) is 0 Å². The SMILES string of the molecule is CNC(C)c1cnnn1-c1cccc(OC)c1. The zero-order chi connectivity index (χ0) is 12.3. The standard InChI is InChI=1S/C12H16N4O/c1-9(13-2)12-8-14-15-16(12)10-5-4-6-11(7-10)17-3/h4-9,13H,1-3H3. The summed E-state index contributed by atoms with van der Waals surface area (Å²) >= 11 is 0. The van der Waals surface area contributed by atoms with Crippen LogP contribution < -0.4 is 10.1 Å². The number of benzene rings is 1. The lowest BCUT2D eigenvalue weighted by Gasteiger charge is -2.12. The molecule has 5 nitrogen and oxygen atoms in total. The summed E-state index contributed by atoms with van der Waals surface area (Å²) in [5.41, 5.74) is 1.96. The van der Waals surface area contributed by atoms with Crippen LogP contribution in [0.15, 0.2) is 30.5 Å². The molecule has 1 unspecified atom stereocenters. The molecule has 0 saturated carbocycles. The van der Waals surface area contributed by atoms with E-state index < -0.39 is 0 Å². The van der Waals surface area contributed by atoms with E-state index in [2.05, 4.69) is 22.6 Å². The summed E-state index contributed by atoms with van der Waals surface area (Å²) in [7, 11) is 3.56. The number of nitrogens with zero attached hydrogens (tertiary/aromatic N) is 3. The first kappa shape index (κ1) is 11.6. The highest BCUT2D eigenvalue weighted by Gasteiger charge is 2.12. The molecule has 17 heavy (non-hydrogen) atoms. The van der Waals surface area contributed by atoms with Crippen LogP contribution >= 0.6 is 0 Å². The predicted octanol–water partition coefficient (Wildman–Crippen LogP) is 1.56. The summed E-state index contributed by atoms with van der Waals surface area (Å²) in [6, 6.07) is 7.94. The van der Waals surface area contributed by atoms with E-state index in [1.54, 1.807) is 13.3 Å². The Labute approximate surface area is 100 Å². The van der Waals surface area contributed by atoms with Crippen molar-refractivity contribution in [2.24, 2.45) is 0 Å². The number of nitrogens with one attached hydrogen (secondary N) is 1. The molecule has 1 N–H and O–H groups in total. The van der Waals surface area contributed by atoms with Crippen LogP contribution in [-0.4, -0.2) is 29.2 Å². The summed E-state index contributed by atoms with van der Waals surface area (Å²) in [4.78, 5) is 0. The number of rotatable bonds is 4. The lowest BCUT2D eigenvalue weighted by atomic mass is 10.2. The first-order valence-electron chi connectivity index (χ1n) is 5.48. The Hall–Kier alpha value is -1.88. The van der Waals surface area contributed by atoms with E-state index in [0.717, 1.165) is 17.1 Å². The second kappa shape index (κ2) is 4.97. The van der Waals surface area contributed by atoms with Crippen LogP contribution in [-0.2, 0) is 0 Å². The Morgan fingerprint density at radius 1 is 1.41 bits per heavy atom. The fourth-order valence-corrected chi connectivity index (χ4v) is 1.63. The number of aromatic nitrogens is 3. The van der Waals surface area contributed by atoms with E-state index >= 15 is 0 Å². The molecule has 2 aromatic rings. The van der Waals surface area contributed by atoms with E-state index in [0.29, 0.717) is 0 Å². The largest absolute Gasteiger partial charge is 0.497 e. The zero-order valence-corrected chi connectivity index (χ0v) is 10.2. The van der Waals surface area contributed by atoms with E-state index in [-0.39, 0.29) is 6.04 Å². The van der Waals surface area contributed by atoms with Gasteiger partial charge in [0.2, 0.25) is 0 Å². The minimum Gasteiger partial charge on any atom is -0.497 e. The van der Waals surface area contributed by atoms with Gasteiger partial charge < -0.3 is 10.1 Å². The maximum atomic E-state index is 5.20. The highest BCUT2D eigenvalue weighted by atomic mass is 16.5. The van der Waals surface area contributed by atoms with E-state index in [9.17, 15) is 0 Å². The number of ether oxygens (including phenoxy) is 1. The van der Waals surface area contributed by atoms with Crippen molar-refractivity contribution in [1.82, 2.24) is 20.3 Å². The maximum Gasteiger partial charge on any atom is 0.121 e. The fraction of sp³-hybridized carbons (Fsp3) is 0.333. The zero-order valence-electron chi connectivity index (χ0n) is 10.2. The number of hydrogen-bond acceptors (Lipinski definition) is 4. The van der Waals surface area contributed by atoms with Crippen LogP contribution in [0.1, 0.15) is 18.7 Å². The van der Waals surface area contributed by atoms with Crippen molar-refractivity contribution in [1.29, 1.82) is 0 Å². The summed E-state index contributed by atoms with van der Waals surface area (Å²) in [5.74, 6) is 0.807. The summed E-state index contributed by atoms with van der Waals surface area (Å²) in [6.45, 7) is 2.06. The van der Waals surface area contributed by atoms with Gasteiger partial charge in [0.25, 0.3) is 0 Å². The number of hydrogen-bond donors (Lipinski definition) is 1. The molecular formula is C12H16N4O. The monoisotopic (exact) mass is 232 g/mol. The molecule has 0 radical (unpaired) electrons. The third-order valence-electron chi connectivity index (χ3n) is 2.75. The van der Waals surface area contributed by atoms with Crippen molar-refractivity contribution in [3.8, 4) is 11.4 Å².